The fourth-order valence-corrected chi connectivity index (χ4v) is 1.78. The molecule has 0 saturated carbocycles. The largest absolute Gasteiger partial charge is 0.483 e. The second-order valence-electron chi connectivity index (χ2n) is 4.62. The van der Waals surface area contributed by atoms with Crippen molar-refractivity contribution in [3.8, 4) is 5.75 Å². The maximum atomic E-state index is 11.7. The summed E-state index contributed by atoms with van der Waals surface area (Å²) in [5.74, 6) is 0.608. The van der Waals surface area contributed by atoms with Gasteiger partial charge >= 0.3 is 0 Å². The summed E-state index contributed by atoms with van der Waals surface area (Å²) in [6.45, 7) is 4.48. The van der Waals surface area contributed by atoms with Crippen LogP contribution in [0.15, 0.2) is 42.7 Å². The summed E-state index contributed by atoms with van der Waals surface area (Å²) in [5, 5.41) is 2.80. The van der Waals surface area contributed by atoms with E-state index in [-0.39, 0.29) is 12.5 Å². The van der Waals surface area contributed by atoms with Gasteiger partial charge in [0.1, 0.15) is 5.75 Å². The highest BCUT2D eigenvalue weighted by Crippen LogP contribution is 2.20. The van der Waals surface area contributed by atoms with Crippen molar-refractivity contribution in [3.63, 3.8) is 0 Å². The van der Waals surface area contributed by atoms with E-state index >= 15 is 0 Å². The Bertz CT molecular complexity index is 582. The van der Waals surface area contributed by atoms with Crippen molar-refractivity contribution in [1.29, 1.82) is 0 Å². The molecule has 0 aliphatic rings. The number of nitrogens with one attached hydrogen (secondary N) is 1. The predicted octanol–water partition coefficient (Wildman–Crippen LogP) is 2.39. The molecule has 104 valence electrons. The van der Waals surface area contributed by atoms with Crippen LogP contribution in [0, 0.1) is 13.8 Å². The lowest BCUT2D eigenvalue weighted by Gasteiger charge is -2.11. The normalized spacial score (nSPS) is 10.1. The van der Waals surface area contributed by atoms with Crippen LogP contribution < -0.4 is 10.1 Å². The zero-order valence-corrected chi connectivity index (χ0v) is 11.7. The highest BCUT2D eigenvalue weighted by Gasteiger charge is 2.05. The lowest BCUT2D eigenvalue weighted by Crippen LogP contribution is -2.28. The van der Waals surface area contributed by atoms with Crippen LogP contribution in [0.1, 0.15) is 16.7 Å². The SMILES string of the molecule is Cc1cccc(OCC(=O)NCc2cccnc2)c1C. The van der Waals surface area contributed by atoms with Crippen molar-refractivity contribution < 1.29 is 9.53 Å². The van der Waals surface area contributed by atoms with E-state index < -0.39 is 0 Å². The summed E-state index contributed by atoms with van der Waals surface area (Å²) in [7, 11) is 0. The number of carbonyl (C=O) groups is 1. The molecule has 4 nitrogen and oxygen atoms in total. The monoisotopic (exact) mass is 270 g/mol. The fourth-order valence-electron chi connectivity index (χ4n) is 1.78. The first kappa shape index (κ1) is 14.1. The maximum absolute atomic E-state index is 11.7. The van der Waals surface area contributed by atoms with Crippen molar-refractivity contribution in [3.05, 3.63) is 59.4 Å². The van der Waals surface area contributed by atoms with Crippen LogP contribution in [0.25, 0.3) is 0 Å². The molecule has 0 bridgehead atoms. The standard InChI is InChI=1S/C16H18N2O2/c1-12-5-3-7-15(13(12)2)20-11-16(19)18-10-14-6-4-8-17-9-14/h3-9H,10-11H2,1-2H3,(H,18,19). The second kappa shape index (κ2) is 6.70. The van der Waals surface area contributed by atoms with E-state index in [4.69, 9.17) is 4.74 Å². The third-order valence-corrected chi connectivity index (χ3v) is 3.13. The van der Waals surface area contributed by atoms with E-state index in [1.165, 1.54) is 0 Å². The van der Waals surface area contributed by atoms with Crippen LogP contribution >= 0.6 is 0 Å². The number of pyridine rings is 1. The molecule has 0 radical (unpaired) electrons. The Morgan fingerprint density at radius 2 is 2.10 bits per heavy atom. The summed E-state index contributed by atoms with van der Waals surface area (Å²) in [5.41, 5.74) is 3.18. The zero-order valence-electron chi connectivity index (χ0n) is 11.7. The number of hydrogen-bond donors (Lipinski definition) is 1. The van der Waals surface area contributed by atoms with E-state index in [9.17, 15) is 4.79 Å². The van der Waals surface area contributed by atoms with Crippen LogP contribution in [0.5, 0.6) is 5.75 Å². The van der Waals surface area contributed by atoms with Gasteiger partial charge in [-0.2, -0.15) is 0 Å². The first-order valence-electron chi connectivity index (χ1n) is 6.51. The molecule has 0 spiro atoms. The minimum absolute atomic E-state index is 0.0184. The molecular formula is C16H18N2O2. The third-order valence-electron chi connectivity index (χ3n) is 3.13. The van der Waals surface area contributed by atoms with Crippen LogP contribution in [0.2, 0.25) is 0 Å². The number of aryl methyl sites for hydroxylation is 1. The van der Waals surface area contributed by atoms with Crippen molar-refractivity contribution in [2.24, 2.45) is 0 Å². The molecule has 1 amide bonds. The minimum atomic E-state index is -0.144. The van der Waals surface area contributed by atoms with Gasteiger partial charge in [-0.3, -0.25) is 9.78 Å². The molecule has 1 N–H and O–H groups in total. The summed E-state index contributed by atoms with van der Waals surface area (Å²) in [6, 6.07) is 9.57. The quantitative estimate of drug-likeness (QED) is 0.907. The predicted molar refractivity (Wildman–Crippen MR) is 77.5 cm³/mol. The van der Waals surface area contributed by atoms with Gasteiger partial charge < -0.3 is 10.1 Å². The minimum Gasteiger partial charge on any atom is -0.483 e. The lowest BCUT2D eigenvalue weighted by atomic mass is 10.1. The van der Waals surface area contributed by atoms with Crippen molar-refractivity contribution in [2.75, 3.05) is 6.61 Å². The van der Waals surface area contributed by atoms with E-state index in [1.807, 2.05) is 44.2 Å². The molecular weight excluding hydrogens is 252 g/mol. The van der Waals surface area contributed by atoms with Gasteiger partial charge in [-0.05, 0) is 42.7 Å². The van der Waals surface area contributed by atoms with E-state index in [0.717, 1.165) is 22.4 Å². The number of nitrogens with zero attached hydrogens (tertiary/aromatic N) is 1. The summed E-state index contributed by atoms with van der Waals surface area (Å²) >= 11 is 0. The molecule has 0 atom stereocenters. The molecule has 1 aromatic heterocycles. The Hall–Kier alpha value is -2.36. The Morgan fingerprint density at radius 1 is 1.25 bits per heavy atom. The number of ether oxygens (including phenoxy) is 1. The third kappa shape index (κ3) is 3.82. The molecule has 4 heteroatoms. The van der Waals surface area contributed by atoms with Crippen molar-refractivity contribution in [1.82, 2.24) is 10.3 Å². The summed E-state index contributed by atoms with van der Waals surface area (Å²) in [6.07, 6.45) is 3.43. The van der Waals surface area contributed by atoms with Gasteiger partial charge in [-0.15, -0.1) is 0 Å². The first-order valence-corrected chi connectivity index (χ1v) is 6.51. The zero-order chi connectivity index (χ0) is 14.4. The molecule has 1 heterocycles. The summed E-state index contributed by atoms with van der Waals surface area (Å²) < 4.78 is 5.54. The Labute approximate surface area is 118 Å². The smallest absolute Gasteiger partial charge is 0.258 e. The average molecular weight is 270 g/mol. The van der Waals surface area contributed by atoms with Crippen LogP contribution in [-0.2, 0) is 11.3 Å². The topological polar surface area (TPSA) is 51.2 Å². The highest BCUT2D eigenvalue weighted by atomic mass is 16.5. The molecule has 0 aliphatic carbocycles. The Morgan fingerprint density at radius 3 is 2.85 bits per heavy atom. The lowest BCUT2D eigenvalue weighted by molar-refractivity contribution is -0.123. The first-order chi connectivity index (χ1) is 9.66. The number of hydrogen-bond acceptors (Lipinski definition) is 3. The number of amides is 1. The second-order valence-corrected chi connectivity index (χ2v) is 4.62. The molecule has 0 unspecified atom stereocenters. The highest BCUT2D eigenvalue weighted by molar-refractivity contribution is 5.77. The molecule has 2 rings (SSSR count). The van der Waals surface area contributed by atoms with Gasteiger partial charge in [0.15, 0.2) is 6.61 Å². The van der Waals surface area contributed by atoms with Gasteiger partial charge in [0, 0.05) is 18.9 Å². The molecule has 20 heavy (non-hydrogen) atoms. The average Bonchev–Trinajstić information content (AvgIpc) is 2.48. The summed E-state index contributed by atoms with van der Waals surface area (Å²) in [4.78, 5) is 15.7. The van der Waals surface area contributed by atoms with Crippen LogP contribution in [0.4, 0.5) is 0 Å². The molecule has 0 aliphatic heterocycles. The van der Waals surface area contributed by atoms with Crippen LogP contribution in [-0.4, -0.2) is 17.5 Å². The van der Waals surface area contributed by atoms with E-state index in [2.05, 4.69) is 10.3 Å². The van der Waals surface area contributed by atoms with Gasteiger partial charge in [0.05, 0.1) is 0 Å². The molecule has 0 fully saturated rings. The number of carbonyl (C=O) groups excluding carboxylic acids is 1. The molecule has 1 aromatic carbocycles. The Kier molecular flexibility index (Phi) is 4.71. The van der Waals surface area contributed by atoms with Gasteiger partial charge in [0.2, 0.25) is 0 Å². The number of benzene rings is 1. The van der Waals surface area contributed by atoms with Crippen molar-refractivity contribution >= 4 is 5.91 Å². The molecule has 0 saturated heterocycles. The fraction of sp³-hybridized carbons (Fsp3) is 0.250. The van der Waals surface area contributed by atoms with E-state index in [0.29, 0.717) is 6.54 Å². The number of aromatic nitrogens is 1. The van der Waals surface area contributed by atoms with Crippen molar-refractivity contribution in [2.45, 2.75) is 20.4 Å². The van der Waals surface area contributed by atoms with E-state index in [1.54, 1.807) is 12.4 Å². The van der Waals surface area contributed by atoms with Gasteiger partial charge in [-0.25, -0.2) is 0 Å². The van der Waals surface area contributed by atoms with Crippen LogP contribution in [0.3, 0.4) is 0 Å². The maximum Gasteiger partial charge on any atom is 0.258 e. The Balaban J connectivity index is 1.82. The number of rotatable bonds is 5. The van der Waals surface area contributed by atoms with Gasteiger partial charge in [0.25, 0.3) is 5.91 Å². The van der Waals surface area contributed by atoms with Gasteiger partial charge in [-0.1, -0.05) is 18.2 Å². The molecule has 2 aromatic rings.